The van der Waals surface area contributed by atoms with Crippen molar-refractivity contribution in [2.45, 2.75) is 32.4 Å². The van der Waals surface area contributed by atoms with Crippen molar-refractivity contribution in [3.8, 4) is 0 Å². The van der Waals surface area contributed by atoms with Gasteiger partial charge >= 0.3 is 0 Å². The van der Waals surface area contributed by atoms with Gasteiger partial charge in [0.15, 0.2) is 0 Å². The number of hydrogen-bond donors (Lipinski definition) is 2. The normalized spacial score (nSPS) is 15.4. The molecule has 1 heterocycles. The lowest BCUT2D eigenvalue weighted by molar-refractivity contribution is 0.0554. The van der Waals surface area contributed by atoms with Gasteiger partial charge in [-0.2, -0.15) is 0 Å². The molecule has 1 atom stereocenters. The second-order valence-corrected chi connectivity index (χ2v) is 4.06. The average molecular weight is 196 g/mol. The Morgan fingerprint density at radius 3 is 2.79 bits per heavy atom. The molecule has 0 amide bonds. The molecule has 0 saturated heterocycles. The van der Waals surface area contributed by atoms with Gasteiger partial charge in [-0.25, -0.2) is 0 Å². The number of aryl methyl sites for hydroxylation is 1. The van der Waals surface area contributed by atoms with Gasteiger partial charge in [-0.05, 0) is 25.5 Å². The standard InChI is InChI=1S/C11H20N2O/c1-4-11(2,14)9-12-8-10-6-5-7-13(10)3/h5-7,12,14H,4,8-9H2,1-3H3/t11-/m0/s1. The second-order valence-electron chi connectivity index (χ2n) is 4.06. The highest BCUT2D eigenvalue weighted by atomic mass is 16.3. The molecule has 0 bridgehead atoms. The SMILES string of the molecule is CC[C@](C)(O)CNCc1cccn1C. The Morgan fingerprint density at radius 2 is 2.29 bits per heavy atom. The van der Waals surface area contributed by atoms with E-state index in [0.717, 1.165) is 13.0 Å². The molecule has 2 N–H and O–H groups in total. The molecule has 0 fully saturated rings. The molecule has 3 heteroatoms. The highest BCUT2D eigenvalue weighted by molar-refractivity contribution is 5.06. The van der Waals surface area contributed by atoms with Gasteiger partial charge in [0.1, 0.15) is 0 Å². The van der Waals surface area contributed by atoms with Crippen molar-refractivity contribution in [3.63, 3.8) is 0 Å². The lowest BCUT2D eigenvalue weighted by atomic mass is 10.0. The zero-order chi connectivity index (χ0) is 10.6. The van der Waals surface area contributed by atoms with Gasteiger partial charge in [0.05, 0.1) is 5.60 Å². The Labute approximate surface area is 85.7 Å². The van der Waals surface area contributed by atoms with Crippen LogP contribution in [0.1, 0.15) is 26.0 Å². The van der Waals surface area contributed by atoms with Crippen LogP contribution < -0.4 is 5.32 Å². The van der Waals surface area contributed by atoms with Crippen LogP contribution in [0.5, 0.6) is 0 Å². The number of aliphatic hydroxyl groups is 1. The van der Waals surface area contributed by atoms with E-state index in [-0.39, 0.29) is 0 Å². The fourth-order valence-corrected chi connectivity index (χ4v) is 1.27. The van der Waals surface area contributed by atoms with E-state index < -0.39 is 5.60 Å². The van der Waals surface area contributed by atoms with E-state index in [2.05, 4.69) is 16.0 Å². The molecule has 0 aromatic carbocycles. The molecule has 0 aliphatic heterocycles. The molecular weight excluding hydrogens is 176 g/mol. The van der Waals surface area contributed by atoms with Crippen LogP contribution in [-0.4, -0.2) is 21.8 Å². The summed E-state index contributed by atoms with van der Waals surface area (Å²) in [7, 11) is 2.02. The van der Waals surface area contributed by atoms with Gasteiger partial charge in [0.2, 0.25) is 0 Å². The van der Waals surface area contributed by atoms with E-state index in [9.17, 15) is 5.11 Å². The van der Waals surface area contributed by atoms with Gasteiger partial charge in [-0.3, -0.25) is 0 Å². The average Bonchev–Trinajstić information content (AvgIpc) is 2.52. The summed E-state index contributed by atoms with van der Waals surface area (Å²) >= 11 is 0. The largest absolute Gasteiger partial charge is 0.389 e. The maximum Gasteiger partial charge on any atom is 0.0741 e. The summed E-state index contributed by atoms with van der Waals surface area (Å²) in [6.45, 7) is 5.28. The first-order valence-corrected chi connectivity index (χ1v) is 5.08. The highest BCUT2D eigenvalue weighted by Gasteiger charge is 2.16. The molecule has 1 aromatic rings. The maximum atomic E-state index is 9.75. The number of rotatable bonds is 5. The second kappa shape index (κ2) is 4.62. The lowest BCUT2D eigenvalue weighted by Gasteiger charge is -2.21. The highest BCUT2D eigenvalue weighted by Crippen LogP contribution is 2.06. The number of nitrogens with one attached hydrogen (secondary N) is 1. The summed E-state index contributed by atoms with van der Waals surface area (Å²) in [5, 5.41) is 13.0. The Bertz CT molecular complexity index is 279. The Hall–Kier alpha value is -0.800. The molecule has 3 nitrogen and oxygen atoms in total. The van der Waals surface area contributed by atoms with Gasteiger partial charge in [-0.1, -0.05) is 6.92 Å². The van der Waals surface area contributed by atoms with E-state index in [0.29, 0.717) is 6.54 Å². The fraction of sp³-hybridized carbons (Fsp3) is 0.636. The molecule has 0 unspecified atom stereocenters. The quantitative estimate of drug-likeness (QED) is 0.744. The molecule has 0 aliphatic rings. The summed E-state index contributed by atoms with van der Waals surface area (Å²) in [5.74, 6) is 0. The monoisotopic (exact) mass is 196 g/mol. The third-order valence-corrected chi connectivity index (χ3v) is 2.62. The minimum Gasteiger partial charge on any atom is -0.389 e. The van der Waals surface area contributed by atoms with Crippen molar-refractivity contribution >= 4 is 0 Å². The van der Waals surface area contributed by atoms with Crippen LogP contribution in [0.4, 0.5) is 0 Å². The van der Waals surface area contributed by atoms with Crippen molar-refractivity contribution in [2.24, 2.45) is 7.05 Å². The van der Waals surface area contributed by atoms with Crippen LogP contribution in [0, 0.1) is 0 Å². The van der Waals surface area contributed by atoms with Gasteiger partial charge in [0, 0.05) is 32.0 Å². The maximum absolute atomic E-state index is 9.75. The first-order chi connectivity index (χ1) is 6.55. The predicted octanol–water partition coefficient (Wildman–Crippen LogP) is 1.28. The number of aromatic nitrogens is 1. The van der Waals surface area contributed by atoms with Crippen LogP contribution in [0.25, 0.3) is 0 Å². The minimum absolute atomic E-state index is 0.592. The van der Waals surface area contributed by atoms with E-state index in [1.54, 1.807) is 0 Å². The first-order valence-electron chi connectivity index (χ1n) is 5.08. The van der Waals surface area contributed by atoms with E-state index in [1.807, 2.05) is 33.2 Å². The summed E-state index contributed by atoms with van der Waals surface area (Å²) < 4.78 is 2.08. The van der Waals surface area contributed by atoms with Crippen LogP contribution >= 0.6 is 0 Å². The molecule has 1 aromatic heterocycles. The molecule has 14 heavy (non-hydrogen) atoms. The molecule has 0 saturated carbocycles. The van der Waals surface area contributed by atoms with Crippen LogP contribution in [0.2, 0.25) is 0 Å². The van der Waals surface area contributed by atoms with Crippen molar-refractivity contribution in [1.82, 2.24) is 9.88 Å². The molecular formula is C11H20N2O. The number of nitrogens with zero attached hydrogens (tertiary/aromatic N) is 1. The first kappa shape index (κ1) is 11.3. The fourth-order valence-electron chi connectivity index (χ4n) is 1.27. The van der Waals surface area contributed by atoms with Gasteiger partial charge < -0.3 is 15.0 Å². The lowest BCUT2D eigenvalue weighted by Crippen LogP contribution is -2.37. The number of hydrogen-bond acceptors (Lipinski definition) is 2. The smallest absolute Gasteiger partial charge is 0.0741 e. The summed E-state index contributed by atoms with van der Waals surface area (Å²) in [4.78, 5) is 0. The summed E-state index contributed by atoms with van der Waals surface area (Å²) in [6, 6.07) is 4.10. The topological polar surface area (TPSA) is 37.2 Å². The Balaban J connectivity index is 2.32. The van der Waals surface area contributed by atoms with Crippen LogP contribution in [-0.2, 0) is 13.6 Å². The van der Waals surface area contributed by atoms with E-state index >= 15 is 0 Å². The van der Waals surface area contributed by atoms with Crippen LogP contribution in [0.15, 0.2) is 18.3 Å². The molecule has 1 rings (SSSR count). The van der Waals surface area contributed by atoms with Gasteiger partial charge in [-0.15, -0.1) is 0 Å². The Morgan fingerprint density at radius 1 is 1.57 bits per heavy atom. The molecule has 0 radical (unpaired) electrons. The van der Waals surface area contributed by atoms with Crippen molar-refractivity contribution in [2.75, 3.05) is 6.54 Å². The molecule has 80 valence electrons. The van der Waals surface area contributed by atoms with Crippen molar-refractivity contribution < 1.29 is 5.11 Å². The minimum atomic E-state index is -0.592. The van der Waals surface area contributed by atoms with E-state index in [1.165, 1.54) is 5.69 Å². The summed E-state index contributed by atoms with van der Waals surface area (Å²) in [6.07, 6.45) is 2.79. The third kappa shape index (κ3) is 3.16. The third-order valence-electron chi connectivity index (χ3n) is 2.62. The molecule has 0 aliphatic carbocycles. The Kier molecular flexibility index (Phi) is 3.72. The molecule has 0 spiro atoms. The van der Waals surface area contributed by atoms with Crippen molar-refractivity contribution in [3.05, 3.63) is 24.0 Å². The van der Waals surface area contributed by atoms with Crippen molar-refractivity contribution in [1.29, 1.82) is 0 Å². The predicted molar refractivity (Wildman–Crippen MR) is 58.0 cm³/mol. The van der Waals surface area contributed by atoms with Crippen LogP contribution in [0.3, 0.4) is 0 Å². The zero-order valence-corrected chi connectivity index (χ0v) is 9.25. The van der Waals surface area contributed by atoms with Gasteiger partial charge in [0.25, 0.3) is 0 Å². The van der Waals surface area contributed by atoms with E-state index in [4.69, 9.17) is 0 Å². The summed E-state index contributed by atoms with van der Waals surface area (Å²) in [5.41, 5.74) is 0.641. The zero-order valence-electron chi connectivity index (χ0n) is 9.25.